The minimum atomic E-state index is -0.231. The van der Waals surface area contributed by atoms with Crippen molar-refractivity contribution in [1.82, 2.24) is 0 Å². The normalized spacial score (nSPS) is 9.92. The van der Waals surface area contributed by atoms with Crippen LogP contribution in [0.5, 0.6) is 0 Å². The number of carbonyl (C=O) groups is 2. The minimum absolute atomic E-state index is 0.215. The highest BCUT2D eigenvalue weighted by Crippen LogP contribution is 2.07. The molecule has 0 bridgehead atoms. The first-order valence-electron chi connectivity index (χ1n) is 9.47. The molecule has 4 heteroatoms. The molecule has 0 atom stereocenters. The summed E-state index contributed by atoms with van der Waals surface area (Å²) in [6, 6.07) is 0. The molecule has 0 heterocycles. The molecule has 24 heavy (non-hydrogen) atoms. The van der Waals surface area contributed by atoms with Gasteiger partial charge in [0.15, 0.2) is 0 Å². The fraction of sp³-hybridized carbons (Fsp3) is 0.800. The Morgan fingerprint density at radius 3 is 1.92 bits per heavy atom. The molecular formula is C20H34O4. The SMILES string of the molecule is CCC#CCCCCCCCCOC(=O)CCCC(=O)OCCC. The first-order valence-corrected chi connectivity index (χ1v) is 9.47. The van der Waals surface area contributed by atoms with Crippen LogP contribution in [0, 0.1) is 11.8 Å². The molecule has 0 amide bonds. The second kappa shape index (κ2) is 17.8. The second-order valence-electron chi connectivity index (χ2n) is 5.87. The fourth-order valence-corrected chi connectivity index (χ4v) is 2.16. The molecule has 0 unspecified atom stereocenters. The van der Waals surface area contributed by atoms with E-state index >= 15 is 0 Å². The molecule has 0 aromatic heterocycles. The van der Waals surface area contributed by atoms with Crippen molar-refractivity contribution in [2.45, 2.75) is 90.9 Å². The number of hydrogen-bond acceptors (Lipinski definition) is 4. The molecule has 4 nitrogen and oxygen atoms in total. The molecule has 0 aromatic rings. The number of ether oxygens (including phenoxy) is 2. The van der Waals surface area contributed by atoms with Gasteiger partial charge in [0, 0.05) is 25.7 Å². The zero-order chi connectivity index (χ0) is 17.9. The van der Waals surface area contributed by atoms with Crippen LogP contribution in [0.2, 0.25) is 0 Å². The van der Waals surface area contributed by atoms with Crippen LogP contribution in [0.3, 0.4) is 0 Å². The Balaban J connectivity index is 3.30. The highest BCUT2D eigenvalue weighted by Gasteiger charge is 2.06. The van der Waals surface area contributed by atoms with E-state index in [1.54, 1.807) is 0 Å². The number of carbonyl (C=O) groups excluding carboxylic acids is 2. The predicted octanol–water partition coefficient (Wildman–Crippen LogP) is 4.80. The monoisotopic (exact) mass is 338 g/mol. The van der Waals surface area contributed by atoms with Crippen LogP contribution >= 0.6 is 0 Å². The van der Waals surface area contributed by atoms with Gasteiger partial charge in [0.25, 0.3) is 0 Å². The van der Waals surface area contributed by atoms with Gasteiger partial charge in [-0.05, 0) is 25.7 Å². The first kappa shape index (κ1) is 22.5. The maximum absolute atomic E-state index is 11.5. The lowest BCUT2D eigenvalue weighted by atomic mass is 10.1. The molecular weight excluding hydrogens is 304 g/mol. The van der Waals surface area contributed by atoms with E-state index in [4.69, 9.17) is 9.47 Å². The van der Waals surface area contributed by atoms with Gasteiger partial charge in [0.2, 0.25) is 0 Å². The fourth-order valence-electron chi connectivity index (χ4n) is 2.16. The van der Waals surface area contributed by atoms with Crippen molar-refractivity contribution < 1.29 is 19.1 Å². The minimum Gasteiger partial charge on any atom is -0.466 e. The second-order valence-corrected chi connectivity index (χ2v) is 5.87. The average Bonchev–Trinajstić information content (AvgIpc) is 2.57. The van der Waals surface area contributed by atoms with Gasteiger partial charge in [-0.3, -0.25) is 9.59 Å². The quantitative estimate of drug-likeness (QED) is 0.259. The molecule has 0 saturated heterocycles. The van der Waals surface area contributed by atoms with E-state index < -0.39 is 0 Å². The summed E-state index contributed by atoms with van der Waals surface area (Å²) in [6.07, 6.45) is 10.7. The van der Waals surface area contributed by atoms with E-state index in [0.29, 0.717) is 26.1 Å². The van der Waals surface area contributed by atoms with Crippen LogP contribution < -0.4 is 0 Å². The van der Waals surface area contributed by atoms with E-state index in [9.17, 15) is 9.59 Å². The highest BCUT2D eigenvalue weighted by atomic mass is 16.5. The zero-order valence-corrected chi connectivity index (χ0v) is 15.5. The number of esters is 2. The third-order valence-corrected chi connectivity index (χ3v) is 3.49. The van der Waals surface area contributed by atoms with Crippen molar-refractivity contribution in [2.75, 3.05) is 13.2 Å². The molecule has 0 rings (SSSR count). The van der Waals surface area contributed by atoms with Crippen molar-refractivity contribution in [1.29, 1.82) is 0 Å². The largest absolute Gasteiger partial charge is 0.466 e. The van der Waals surface area contributed by atoms with Gasteiger partial charge in [0.1, 0.15) is 0 Å². The third kappa shape index (κ3) is 16.9. The van der Waals surface area contributed by atoms with Crippen LogP contribution in [0.25, 0.3) is 0 Å². The smallest absolute Gasteiger partial charge is 0.305 e. The van der Waals surface area contributed by atoms with E-state index in [-0.39, 0.29) is 18.4 Å². The molecule has 0 aromatic carbocycles. The van der Waals surface area contributed by atoms with Gasteiger partial charge in [-0.15, -0.1) is 11.8 Å². The lowest BCUT2D eigenvalue weighted by Crippen LogP contribution is -2.09. The van der Waals surface area contributed by atoms with Crippen molar-refractivity contribution in [2.24, 2.45) is 0 Å². The van der Waals surface area contributed by atoms with Crippen molar-refractivity contribution in [3.8, 4) is 11.8 Å². The zero-order valence-electron chi connectivity index (χ0n) is 15.5. The standard InChI is InChI=1S/C20H34O4/c1-3-5-6-7-8-9-10-11-12-13-18-24-20(22)16-14-15-19(21)23-17-4-2/h3-4,7-18H2,1-2H3. The molecule has 0 N–H and O–H groups in total. The van der Waals surface area contributed by atoms with Crippen molar-refractivity contribution in [3.63, 3.8) is 0 Å². The molecule has 0 aliphatic heterocycles. The first-order chi connectivity index (χ1) is 11.7. The van der Waals surface area contributed by atoms with E-state index in [2.05, 4.69) is 18.8 Å². The molecule has 0 saturated carbocycles. The molecule has 0 aliphatic rings. The van der Waals surface area contributed by atoms with Gasteiger partial charge in [-0.2, -0.15) is 0 Å². The summed E-state index contributed by atoms with van der Waals surface area (Å²) in [5, 5.41) is 0. The van der Waals surface area contributed by atoms with Gasteiger partial charge in [-0.25, -0.2) is 0 Å². The number of rotatable bonds is 14. The summed E-state index contributed by atoms with van der Waals surface area (Å²) in [7, 11) is 0. The molecule has 138 valence electrons. The van der Waals surface area contributed by atoms with Gasteiger partial charge < -0.3 is 9.47 Å². The Hall–Kier alpha value is -1.50. The van der Waals surface area contributed by atoms with Crippen LogP contribution in [-0.4, -0.2) is 25.2 Å². The van der Waals surface area contributed by atoms with Gasteiger partial charge in [-0.1, -0.05) is 39.5 Å². The molecule has 0 aliphatic carbocycles. The van der Waals surface area contributed by atoms with Crippen LogP contribution in [0.15, 0.2) is 0 Å². The topological polar surface area (TPSA) is 52.6 Å². The Bertz CT molecular complexity index is 379. The molecule has 0 fully saturated rings. The average molecular weight is 338 g/mol. The Morgan fingerprint density at radius 1 is 0.708 bits per heavy atom. The summed E-state index contributed by atoms with van der Waals surface area (Å²) < 4.78 is 10.1. The van der Waals surface area contributed by atoms with Gasteiger partial charge >= 0.3 is 11.9 Å². The summed E-state index contributed by atoms with van der Waals surface area (Å²) in [5.41, 5.74) is 0. The summed E-state index contributed by atoms with van der Waals surface area (Å²) in [6.45, 7) is 4.96. The summed E-state index contributed by atoms with van der Waals surface area (Å²) in [5.74, 6) is 5.79. The Kier molecular flexibility index (Phi) is 16.7. The maximum Gasteiger partial charge on any atom is 0.305 e. The molecule has 0 spiro atoms. The lowest BCUT2D eigenvalue weighted by Gasteiger charge is -2.05. The highest BCUT2D eigenvalue weighted by molar-refractivity contribution is 5.72. The third-order valence-electron chi connectivity index (χ3n) is 3.49. The molecule has 0 radical (unpaired) electrons. The lowest BCUT2D eigenvalue weighted by molar-refractivity contribution is -0.145. The van der Waals surface area contributed by atoms with Gasteiger partial charge in [0.05, 0.1) is 13.2 Å². The number of unbranched alkanes of at least 4 members (excludes halogenated alkanes) is 6. The maximum atomic E-state index is 11.5. The van der Waals surface area contributed by atoms with Crippen molar-refractivity contribution in [3.05, 3.63) is 0 Å². The van der Waals surface area contributed by atoms with Crippen LogP contribution in [0.4, 0.5) is 0 Å². The number of hydrogen-bond donors (Lipinski definition) is 0. The summed E-state index contributed by atoms with van der Waals surface area (Å²) >= 11 is 0. The van der Waals surface area contributed by atoms with Crippen LogP contribution in [-0.2, 0) is 19.1 Å². The van der Waals surface area contributed by atoms with E-state index in [1.165, 1.54) is 25.7 Å². The van der Waals surface area contributed by atoms with E-state index in [1.807, 2.05) is 6.92 Å². The Morgan fingerprint density at radius 2 is 1.29 bits per heavy atom. The Labute approximate surface area is 147 Å². The predicted molar refractivity (Wildman–Crippen MR) is 96.4 cm³/mol. The van der Waals surface area contributed by atoms with Crippen LogP contribution in [0.1, 0.15) is 90.9 Å². The van der Waals surface area contributed by atoms with E-state index in [0.717, 1.165) is 32.1 Å². The summed E-state index contributed by atoms with van der Waals surface area (Å²) in [4.78, 5) is 22.8. The van der Waals surface area contributed by atoms with Crippen molar-refractivity contribution >= 4 is 11.9 Å².